The number of ketones is 1. The standard InChI is InChI=1S/C15H10F4OS/c1-9-2-5-11(6-3-9)21-15(18,19)14(20)12-7-4-10(16)8-13(12)17/h2-8H,1H3. The number of hydrogen-bond donors (Lipinski definition) is 0. The Hall–Kier alpha value is -1.82. The number of alkyl halides is 2. The molecule has 0 aliphatic carbocycles. The first kappa shape index (κ1) is 15.6. The molecule has 2 aromatic carbocycles. The lowest BCUT2D eigenvalue weighted by atomic mass is 10.1. The Morgan fingerprint density at radius 2 is 1.67 bits per heavy atom. The third-order valence-corrected chi connectivity index (χ3v) is 3.66. The summed E-state index contributed by atoms with van der Waals surface area (Å²) in [6.07, 6.45) is 0. The van der Waals surface area contributed by atoms with E-state index in [-0.39, 0.29) is 16.7 Å². The highest BCUT2D eigenvalue weighted by molar-refractivity contribution is 8.01. The molecule has 0 amide bonds. The van der Waals surface area contributed by atoms with Crippen LogP contribution in [0.1, 0.15) is 15.9 Å². The molecule has 2 rings (SSSR count). The Kier molecular flexibility index (Phi) is 4.37. The van der Waals surface area contributed by atoms with Crippen LogP contribution in [-0.4, -0.2) is 11.0 Å². The van der Waals surface area contributed by atoms with Crippen molar-refractivity contribution in [1.29, 1.82) is 0 Å². The second-order valence-electron chi connectivity index (χ2n) is 4.39. The highest BCUT2D eigenvalue weighted by atomic mass is 32.2. The number of carbonyl (C=O) groups is 1. The molecule has 0 spiro atoms. The Balaban J connectivity index is 2.25. The Bertz CT molecular complexity index is 668. The second kappa shape index (κ2) is 5.89. The third kappa shape index (κ3) is 3.64. The molecule has 1 nitrogen and oxygen atoms in total. The number of carbonyl (C=O) groups excluding carboxylic acids is 1. The Labute approximate surface area is 123 Å². The lowest BCUT2D eigenvalue weighted by Gasteiger charge is -2.15. The second-order valence-corrected chi connectivity index (χ2v) is 5.57. The zero-order valence-corrected chi connectivity index (χ0v) is 11.7. The van der Waals surface area contributed by atoms with Gasteiger partial charge in [0, 0.05) is 11.0 Å². The zero-order valence-electron chi connectivity index (χ0n) is 10.9. The summed E-state index contributed by atoms with van der Waals surface area (Å²) in [5.74, 6) is -3.92. The minimum atomic E-state index is -3.84. The summed E-state index contributed by atoms with van der Waals surface area (Å²) in [6.45, 7) is 1.80. The van der Waals surface area contributed by atoms with Gasteiger partial charge in [-0.25, -0.2) is 8.78 Å². The maximum atomic E-state index is 13.9. The van der Waals surface area contributed by atoms with Crippen molar-refractivity contribution in [2.75, 3.05) is 0 Å². The molecule has 0 aliphatic rings. The van der Waals surface area contributed by atoms with Gasteiger partial charge >= 0.3 is 5.25 Å². The van der Waals surface area contributed by atoms with E-state index in [1.807, 2.05) is 0 Å². The van der Waals surface area contributed by atoms with Crippen LogP contribution in [-0.2, 0) is 0 Å². The van der Waals surface area contributed by atoms with Crippen molar-refractivity contribution in [3.8, 4) is 0 Å². The van der Waals surface area contributed by atoms with Crippen LogP contribution in [0.15, 0.2) is 47.4 Å². The van der Waals surface area contributed by atoms with Gasteiger partial charge in [-0.2, -0.15) is 8.78 Å². The minimum absolute atomic E-state index is 0.0271. The molecule has 2 aromatic rings. The molecular weight excluding hydrogens is 304 g/mol. The molecule has 0 radical (unpaired) electrons. The van der Waals surface area contributed by atoms with Gasteiger partial charge in [-0.3, -0.25) is 4.79 Å². The van der Waals surface area contributed by atoms with E-state index in [0.29, 0.717) is 6.07 Å². The van der Waals surface area contributed by atoms with Crippen molar-refractivity contribution in [1.82, 2.24) is 0 Å². The van der Waals surface area contributed by atoms with E-state index in [2.05, 4.69) is 0 Å². The van der Waals surface area contributed by atoms with Gasteiger partial charge in [0.05, 0.1) is 5.56 Å². The van der Waals surface area contributed by atoms with Crippen LogP contribution in [0.3, 0.4) is 0 Å². The Morgan fingerprint density at radius 1 is 1.05 bits per heavy atom. The average molecular weight is 314 g/mol. The summed E-state index contributed by atoms with van der Waals surface area (Å²) in [5.41, 5.74) is 0.0552. The number of benzene rings is 2. The van der Waals surface area contributed by atoms with E-state index in [1.54, 1.807) is 19.1 Å². The summed E-state index contributed by atoms with van der Waals surface area (Å²) in [6, 6.07) is 8.03. The predicted molar refractivity (Wildman–Crippen MR) is 72.7 cm³/mol. The van der Waals surface area contributed by atoms with E-state index >= 15 is 0 Å². The number of rotatable bonds is 4. The molecule has 0 fully saturated rings. The lowest BCUT2D eigenvalue weighted by Crippen LogP contribution is -2.25. The molecule has 0 aliphatic heterocycles. The van der Waals surface area contributed by atoms with Crippen molar-refractivity contribution in [3.05, 3.63) is 65.2 Å². The lowest BCUT2D eigenvalue weighted by molar-refractivity contribution is 0.0562. The van der Waals surface area contributed by atoms with E-state index < -0.39 is 28.2 Å². The fourth-order valence-electron chi connectivity index (χ4n) is 1.63. The smallest absolute Gasteiger partial charge is 0.286 e. The fraction of sp³-hybridized carbons (Fsp3) is 0.133. The van der Waals surface area contributed by atoms with Crippen LogP contribution in [0.25, 0.3) is 0 Å². The van der Waals surface area contributed by atoms with Crippen LogP contribution in [0.5, 0.6) is 0 Å². The summed E-state index contributed by atoms with van der Waals surface area (Å²) in [4.78, 5) is 11.9. The molecule has 0 bridgehead atoms. The van der Waals surface area contributed by atoms with Crippen molar-refractivity contribution >= 4 is 17.5 Å². The van der Waals surface area contributed by atoms with Gasteiger partial charge in [0.25, 0.3) is 0 Å². The van der Waals surface area contributed by atoms with Crippen LogP contribution < -0.4 is 0 Å². The quantitative estimate of drug-likeness (QED) is 0.456. The summed E-state index contributed by atoms with van der Waals surface area (Å²) in [7, 11) is 0. The van der Waals surface area contributed by atoms with Gasteiger partial charge in [0.2, 0.25) is 5.78 Å². The number of hydrogen-bond acceptors (Lipinski definition) is 2. The molecule has 6 heteroatoms. The molecule has 0 heterocycles. The van der Waals surface area contributed by atoms with Gasteiger partial charge in [-0.05, 0) is 43.0 Å². The number of aryl methyl sites for hydroxylation is 1. The molecule has 21 heavy (non-hydrogen) atoms. The zero-order chi connectivity index (χ0) is 15.6. The van der Waals surface area contributed by atoms with E-state index in [4.69, 9.17) is 0 Å². The van der Waals surface area contributed by atoms with Crippen molar-refractivity contribution in [2.45, 2.75) is 17.1 Å². The van der Waals surface area contributed by atoms with Crippen LogP contribution in [0.2, 0.25) is 0 Å². The first-order valence-corrected chi connectivity index (χ1v) is 6.74. The molecule has 110 valence electrons. The van der Waals surface area contributed by atoms with Gasteiger partial charge in [-0.1, -0.05) is 17.7 Å². The normalized spacial score (nSPS) is 11.5. The molecule has 0 saturated heterocycles. The SMILES string of the molecule is Cc1ccc(SC(F)(F)C(=O)c2ccc(F)cc2F)cc1. The van der Waals surface area contributed by atoms with Crippen LogP contribution in [0, 0.1) is 18.6 Å². The van der Waals surface area contributed by atoms with Crippen LogP contribution in [0.4, 0.5) is 17.6 Å². The monoisotopic (exact) mass is 314 g/mol. The van der Waals surface area contributed by atoms with Crippen molar-refractivity contribution in [3.63, 3.8) is 0 Å². The molecular formula is C15H10F4OS. The van der Waals surface area contributed by atoms with E-state index in [0.717, 1.165) is 17.7 Å². The first-order valence-electron chi connectivity index (χ1n) is 5.93. The summed E-state index contributed by atoms with van der Waals surface area (Å²) in [5, 5.41) is -3.84. The Morgan fingerprint density at radius 3 is 2.24 bits per heavy atom. The van der Waals surface area contributed by atoms with Gasteiger partial charge in [-0.15, -0.1) is 0 Å². The molecule has 0 saturated carbocycles. The number of thioether (sulfide) groups is 1. The molecule has 0 atom stereocenters. The van der Waals surface area contributed by atoms with E-state index in [1.165, 1.54) is 12.1 Å². The summed E-state index contributed by atoms with van der Waals surface area (Å²) < 4.78 is 54.0. The maximum Gasteiger partial charge on any atom is 0.360 e. The number of Topliss-reactive ketones (excluding diaryl/α,β-unsaturated/α-hetero) is 1. The van der Waals surface area contributed by atoms with Crippen molar-refractivity contribution in [2.24, 2.45) is 0 Å². The van der Waals surface area contributed by atoms with Gasteiger partial charge < -0.3 is 0 Å². The van der Waals surface area contributed by atoms with Crippen LogP contribution >= 0.6 is 11.8 Å². The van der Waals surface area contributed by atoms with Crippen molar-refractivity contribution < 1.29 is 22.4 Å². The number of halogens is 4. The largest absolute Gasteiger partial charge is 0.360 e. The van der Waals surface area contributed by atoms with Gasteiger partial charge in [0.15, 0.2) is 0 Å². The maximum absolute atomic E-state index is 13.9. The van der Waals surface area contributed by atoms with Gasteiger partial charge in [0.1, 0.15) is 11.6 Å². The molecule has 0 N–H and O–H groups in total. The summed E-state index contributed by atoms with van der Waals surface area (Å²) >= 11 is 0.0271. The fourth-order valence-corrected chi connectivity index (χ4v) is 2.40. The molecule has 0 unspecified atom stereocenters. The van der Waals surface area contributed by atoms with E-state index in [9.17, 15) is 22.4 Å². The molecule has 0 aromatic heterocycles. The minimum Gasteiger partial charge on any atom is -0.286 e. The highest BCUT2D eigenvalue weighted by Crippen LogP contribution is 2.38. The highest BCUT2D eigenvalue weighted by Gasteiger charge is 2.41. The predicted octanol–water partition coefficient (Wildman–Crippen LogP) is 4.84. The first-order chi connectivity index (χ1) is 9.79. The third-order valence-electron chi connectivity index (χ3n) is 2.71. The average Bonchev–Trinajstić information content (AvgIpc) is 2.40. The topological polar surface area (TPSA) is 17.1 Å².